The highest BCUT2D eigenvalue weighted by Gasteiger charge is 2.39. The molecule has 2 amide bonds. The molecule has 0 aromatic heterocycles. The SMILES string of the molecule is CCCCCCCCc1ccc(S(=O)(=O)ON2C(=O)c3ccccc3C2=O)cc1. The lowest BCUT2D eigenvalue weighted by atomic mass is 10.1. The first-order chi connectivity index (χ1) is 13.9. The molecule has 7 heteroatoms. The molecule has 1 aliphatic heterocycles. The van der Waals surface area contributed by atoms with Crippen LogP contribution in [0.15, 0.2) is 53.4 Å². The third kappa shape index (κ3) is 4.92. The summed E-state index contributed by atoms with van der Waals surface area (Å²) in [5.74, 6) is -1.57. The number of hydrogen-bond donors (Lipinski definition) is 0. The molecule has 6 nitrogen and oxygen atoms in total. The van der Waals surface area contributed by atoms with E-state index in [1.165, 1.54) is 49.9 Å². The fraction of sp³-hybridized carbons (Fsp3) is 0.364. The van der Waals surface area contributed by atoms with Crippen molar-refractivity contribution in [3.63, 3.8) is 0 Å². The third-order valence-corrected chi connectivity index (χ3v) is 6.16. The fourth-order valence-electron chi connectivity index (χ4n) is 3.31. The van der Waals surface area contributed by atoms with Crippen LogP contribution >= 0.6 is 0 Å². The number of aryl methyl sites for hydroxylation is 1. The second-order valence-corrected chi connectivity index (χ2v) is 8.67. The van der Waals surface area contributed by atoms with Gasteiger partial charge >= 0.3 is 10.1 Å². The Labute approximate surface area is 171 Å². The Kier molecular flexibility index (Phi) is 6.82. The molecule has 2 aromatic rings. The number of carbonyl (C=O) groups excluding carboxylic acids is 2. The van der Waals surface area contributed by atoms with Crippen molar-refractivity contribution < 1.29 is 22.3 Å². The average molecular weight is 416 g/mol. The fourth-order valence-corrected chi connectivity index (χ4v) is 4.20. The van der Waals surface area contributed by atoms with Gasteiger partial charge in [-0.1, -0.05) is 63.3 Å². The van der Waals surface area contributed by atoms with Crippen LogP contribution in [0.1, 0.15) is 71.7 Å². The van der Waals surface area contributed by atoms with Gasteiger partial charge in [0.15, 0.2) is 0 Å². The van der Waals surface area contributed by atoms with E-state index < -0.39 is 21.9 Å². The van der Waals surface area contributed by atoms with E-state index in [0.29, 0.717) is 5.06 Å². The van der Waals surface area contributed by atoms with Crippen molar-refractivity contribution >= 4 is 21.9 Å². The van der Waals surface area contributed by atoms with E-state index in [1.54, 1.807) is 24.3 Å². The molecule has 29 heavy (non-hydrogen) atoms. The number of imide groups is 1. The van der Waals surface area contributed by atoms with Gasteiger partial charge in [-0.25, -0.2) is 0 Å². The van der Waals surface area contributed by atoms with Gasteiger partial charge in [-0.05, 0) is 42.7 Å². The molecule has 2 aromatic carbocycles. The second kappa shape index (κ2) is 9.33. The van der Waals surface area contributed by atoms with E-state index in [4.69, 9.17) is 4.28 Å². The Bertz CT molecular complexity index is 948. The number of hydroxylamine groups is 2. The van der Waals surface area contributed by atoms with Crippen molar-refractivity contribution in [1.82, 2.24) is 5.06 Å². The summed E-state index contributed by atoms with van der Waals surface area (Å²) in [5, 5.41) is 0.310. The number of hydrogen-bond acceptors (Lipinski definition) is 5. The van der Waals surface area contributed by atoms with E-state index in [1.807, 2.05) is 0 Å². The Morgan fingerprint density at radius 3 is 1.93 bits per heavy atom. The Morgan fingerprint density at radius 2 is 1.34 bits per heavy atom. The van der Waals surface area contributed by atoms with Gasteiger partial charge in [-0.2, -0.15) is 8.42 Å². The highest BCUT2D eigenvalue weighted by molar-refractivity contribution is 7.86. The molecule has 0 atom stereocenters. The summed E-state index contributed by atoms with van der Waals surface area (Å²) < 4.78 is 29.9. The maximum Gasteiger partial charge on any atom is 0.318 e. The largest absolute Gasteiger partial charge is 0.318 e. The minimum absolute atomic E-state index is 0.0965. The molecular formula is C22H25NO5S. The predicted octanol–water partition coefficient (Wildman–Crippen LogP) is 4.51. The van der Waals surface area contributed by atoms with E-state index in [2.05, 4.69) is 6.92 Å². The zero-order valence-corrected chi connectivity index (χ0v) is 17.3. The average Bonchev–Trinajstić information content (AvgIpc) is 2.96. The molecule has 0 spiro atoms. The lowest BCUT2D eigenvalue weighted by Crippen LogP contribution is -2.32. The van der Waals surface area contributed by atoms with Crippen LogP contribution < -0.4 is 0 Å². The number of benzene rings is 2. The van der Waals surface area contributed by atoms with Crippen molar-refractivity contribution in [2.24, 2.45) is 0 Å². The molecule has 3 rings (SSSR count). The minimum Gasteiger partial charge on any atom is -0.266 e. The number of unbranched alkanes of at least 4 members (excludes halogenated alkanes) is 5. The second-order valence-electron chi connectivity index (χ2n) is 7.14. The monoisotopic (exact) mass is 415 g/mol. The lowest BCUT2D eigenvalue weighted by molar-refractivity contribution is -0.0103. The van der Waals surface area contributed by atoms with E-state index in [0.717, 1.165) is 24.8 Å². The molecule has 0 fully saturated rings. The van der Waals surface area contributed by atoms with Crippen molar-refractivity contribution in [2.75, 3.05) is 0 Å². The number of fused-ring (bicyclic) bond motifs is 1. The van der Waals surface area contributed by atoms with Crippen LogP contribution in [-0.4, -0.2) is 25.3 Å². The van der Waals surface area contributed by atoms with Gasteiger partial charge in [0.25, 0.3) is 11.8 Å². The van der Waals surface area contributed by atoms with Crippen molar-refractivity contribution in [2.45, 2.75) is 56.8 Å². The standard InChI is InChI=1S/C22H25NO5S/c1-2-3-4-5-6-7-10-17-13-15-18(16-14-17)29(26,27)28-23-21(24)19-11-8-9-12-20(19)22(23)25/h8-9,11-16H,2-7,10H2,1H3. The maximum absolute atomic E-state index is 12.5. The summed E-state index contributed by atoms with van der Waals surface area (Å²) in [7, 11) is -4.30. The first-order valence-electron chi connectivity index (χ1n) is 9.95. The third-order valence-electron chi connectivity index (χ3n) is 4.96. The van der Waals surface area contributed by atoms with E-state index >= 15 is 0 Å². The van der Waals surface area contributed by atoms with Crippen LogP contribution in [0.3, 0.4) is 0 Å². The number of rotatable bonds is 10. The molecule has 0 radical (unpaired) electrons. The van der Waals surface area contributed by atoms with Gasteiger partial charge in [0.2, 0.25) is 0 Å². The summed E-state index contributed by atoms with van der Waals surface area (Å²) in [6.45, 7) is 2.19. The molecule has 0 aliphatic carbocycles. The zero-order chi connectivity index (χ0) is 20.9. The molecule has 154 valence electrons. The Balaban J connectivity index is 1.60. The van der Waals surface area contributed by atoms with Gasteiger partial charge in [0.1, 0.15) is 0 Å². The lowest BCUT2D eigenvalue weighted by Gasteiger charge is -2.13. The summed E-state index contributed by atoms with van der Waals surface area (Å²) in [4.78, 5) is 24.5. The summed E-state index contributed by atoms with van der Waals surface area (Å²) in [6.07, 6.45) is 8.05. The zero-order valence-electron chi connectivity index (χ0n) is 16.5. The number of amides is 2. The van der Waals surface area contributed by atoms with Crippen LogP contribution in [0, 0.1) is 0 Å². The minimum atomic E-state index is -4.30. The molecule has 0 bridgehead atoms. The molecule has 0 N–H and O–H groups in total. The van der Waals surface area contributed by atoms with Crippen LogP contribution in [0.2, 0.25) is 0 Å². The van der Waals surface area contributed by atoms with Crippen LogP contribution in [-0.2, 0) is 20.8 Å². The number of nitrogens with zero attached hydrogens (tertiary/aromatic N) is 1. The Morgan fingerprint density at radius 1 is 0.793 bits per heavy atom. The first-order valence-corrected chi connectivity index (χ1v) is 11.4. The van der Waals surface area contributed by atoms with Crippen molar-refractivity contribution in [3.8, 4) is 0 Å². The normalized spacial score (nSPS) is 13.8. The maximum atomic E-state index is 12.5. The molecule has 0 saturated carbocycles. The van der Waals surface area contributed by atoms with E-state index in [9.17, 15) is 18.0 Å². The van der Waals surface area contributed by atoms with Gasteiger partial charge in [0.05, 0.1) is 16.0 Å². The smallest absolute Gasteiger partial charge is 0.266 e. The summed E-state index contributed by atoms with van der Waals surface area (Å²) in [5.41, 5.74) is 1.30. The van der Waals surface area contributed by atoms with Gasteiger partial charge < -0.3 is 0 Å². The van der Waals surface area contributed by atoms with Crippen LogP contribution in [0.4, 0.5) is 0 Å². The quantitative estimate of drug-likeness (QED) is 0.421. The molecular weight excluding hydrogens is 390 g/mol. The van der Waals surface area contributed by atoms with Crippen molar-refractivity contribution in [1.29, 1.82) is 0 Å². The first kappa shape index (κ1) is 21.2. The highest BCUT2D eigenvalue weighted by Crippen LogP contribution is 2.25. The van der Waals surface area contributed by atoms with Crippen molar-refractivity contribution in [3.05, 3.63) is 65.2 Å². The molecule has 0 unspecified atom stereocenters. The molecule has 0 saturated heterocycles. The van der Waals surface area contributed by atoms with Gasteiger partial charge in [-0.3, -0.25) is 9.59 Å². The summed E-state index contributed by atoms with van der Waals surface area (Å²) in [6, 6.07) is 12.5. The molecule has 1 aliphatic rings. The molecule has 1 heterocycles. The number of carbonyl (C=O) groups is 2. The van der Waals surface area contributed by atoms with Crippen LogP contribution in [0.5, 0.6) is 0 Å². The highest BCUT2D eigenvalue weighted by atomic mass is 32.2. The van der Waals surface area contributed by atoms with Gasteiger partial charge in [0, 0.05) is 0 Å². The Hall–Kier alpha value is -2.51. The van der Waals surface area contributed by atoms with Crippen LogP contribution in [0.25, 0.3) is 0 Å². The van der Waals surface area contributed by atoms with Gasteiger partial charge in [-0.15, -0.1) is 9.35 Å². The topological polar surface area (TPSA) is 80.8 Å². The predicted molar refractivity (Wildman–Crippen MR) is 109 cm³/mol. The van der Waals surface area contributed by atoms with E-state index in [-0.39, 0.29) is 16.0 Å². The summed E-state index contributed by atoms with van der Waals surface area (Å²) >= 11 is 0.